The molecule has 0 spiro atoms. The van der Waals surface area contributed by atoms with Crippen LogP contribution in [0.15, 0.2) is 42.6 Å². The zero-order valence-corrected chi connectivity index (χ0v) is 14.7. The number of aryl methyl sites for hydroxylation is 1. The van der Waals surface area contributed by atoms with Gasteiger partial charge in [0.25, 0.3) is 0 Å². The van der Waals surface area contributed by atoms with E-state index in [-0.39, 0.29) is 12.1 Å². The van der Waals surface area contributed by atoms with Crippen molar-refractivity contribution >= 4 is 17.5 Å². The molecule has 0 aliphatic carbocycles. The fourth-order valence-electron chi connectivity index (χ4n) is 3.10. The lowest BCUT2D eigenvalue weighted by molar-refractivity contribution is 0.246. The fourth-order valence-corrected chi connectivity index (χ4v) is 3.10. The fraction of sp³-hybridized carbons (Fsp3) is 0.368. The van der Waals surface area contributed by atoms with E-state index in [1.165, 1.54) is 0 Å². The molecule has 2 amide bonds. The van der Waals surface area contributed by atoms with E-state index in [0.717, 1.165) is 42.9 Å². The van der Waals surface area contributed by atoms with Crippen LogP contribution in [0.5, 0.6) is 5.75 Å². The molecule has 1 saturated heterocycles. The Hall–Kier alpha value is -2.76. The van der Waals surface area contributed by atoms with Crippen LogP contribution >= 0.6 is 0 Å². The average Bonchev–Trinajstić information content (AvgIpc) is 2.64. The maximum atomic E-state index is 12.2. The van der Waals surface area contributed by atoms with Crippen molar-refractivity contribution in [2.75, 3.05) is 30.4 Å². The third kappa shape index (κ3) is 4.21. The summed E-state index contributed by atoms with van der Waals surface area (Å²) in [6.45, 7) is 3.69. The number of hydrogen-bond acceptors (Lipinski definition) is 4. The summed E-state index contributed by atoms with van der Waals surface area (Å²) >= 11 is 0. The Labute approximate surface area is 148 Å². The van der Waals surface area contributed by atoms with E-state index in [1.807, 2.05) is 37.3 Å². The van der Waals surface area contributed by atoms with Gasteiger partial charge >= 0.3 is 6.03 Å². The molecule has 0 unspecified atom stereocenters. The summed E-state index contributed by atoms with van der Waals surface area (Å²) in [5, 5.41) is 5.87. The lowest BCUT2D eigenvalue weighted by Crippen LogP contribution is -2.46. The summed E-state index contributed by atoms with van der Waals surface area (Å²) in [5.74, 6) is 1.49. The van der Waals surface area contributed by atoms with Gasteiger partial charge in [0.2, 0.25) is 0 Å². The van der Waals surface area contributed by atoms with Gasteiger partial charge in [-0.1, -0.05) is 18.2 Å². The van der Waals surface area contributed by atoms with E-state index in [2.05, 4.69) is 26.6 Å². The molecule has 1 aliphatic heterocycles. The molecular weight excluding hydrogens is 316 g/mol. The minimum atomic E-state index is -0.197. The predicted molar refractivity (Wildman–Crippen MR) is 99.4 cm³/mol. The van der Waals surface area contributed by atoms with Gasteiger partial charge in [0, 0.05) is 25.3 Å². The van der Waals surface area contributed by atoms with E-state index >= 15 is 0 Å². The maximum absolute atomic E-state index is 12.2. The standard InChI is InChI=1S/C19H24N4O2/c1-14-6-5-11-20-18(14)22-19(24)21-15-9-12-23(13-10-15)16-7-3-4-8-17(16)25-2/h3-8,11,15H,9-10,12-13H2,1-2H3,(H2,20,21,22,24). The number of piperidine rings is 1. The number of rotatable bonds is 4. The Kier molecular flexibility index (Phi) is 5.38. The van der Waals surface area contributed by atoms with Gasteiger partial charge in [-0.15, -0.1) is 0 Å². The Morgan fingerprint density at radius 1 is 1.20 bits per heavy atom. The van der Waals surface area contributed by atoms with E-state index in [4.69, 9.17) is 4.74 Å². The van der Waals surface area contributed by atoms with Gasteiger partial charge in [-0.2, -0.15) is 0 Å². The summed E-state index contributed by atoms with van der Waals surface area (Å²) in [5.41, 5.74) is 2.06. The zero-order valence-electron chi connectivity index (χ0n) is 14.7. The van der Waals surface area contributed by atoms with Crippen LogP contribution in [0.2, 0.25) is 0 Å². The van der Waals surface area contributed by atoms with Crippen LogP contribution in [-0.4, -0.2) is 37.3 Å². The molecule has 2 heterocycles. The van der Waals surface area contributed by atoms with Crippen molar-refractivity contribution in [3.8, 4) is 5.75 Å². The van der Waals surface area contributed by atoms with Crippen LogP contribution in [0.4, 0.5) is 16.3 Å². The number of nitrogens with zero attached hydrogens (tertiary/aromatic N) is 2. The Morgan fingerprint density at radius 2 is 1.96 bits per heavy atom. The molecule has 2 aromatic rings. The highest BCUT2D eigenvalue weighted by atomic mass is 16.5. The molecular formula is C19H24N4O2. The summed E-state index contributed by atoms with van der Waals surface area (Å²) in [6.07, 6.45) is 3.47. The van der Waals surface area contributed by atoms with Gasteiger partial charge in [-0.25, -0.2) is 9.78 Å². The average molecular weight is 340 g/mol. The summed E-state index contributed by atoms with van der Waals surface area (Å²) in [7, 11) is 1.69. The van der Waals surface area contributed by atoms with Gasteiger partial charge in [-0.05, 0) is 43.5 Å². The second kappa shape index (κ2) is 7.88. The molecule has 6 heteroatoms. The molecule has 132 valence electrons. The van der Waals surface area contributed by atoms with Crippen LogP contribution < -0.4 is 20.3 Å². The Balaban J connectivity index is 1.52. The van der Waals surface area contributed by atoms with Crippen molar-refractivity contribution < 1.29 is 9.53 Å². The number of carbonyl (C=O) groups is 1. The molecule has 0 radical (unpaired) electrons. The number of para-hydroxylation sites is 2. The van der Waals surface area contributed by atoms with Crippen LogP contribution in [0.25, 0.3) is 0 Å². The smallest absolute Gasteiger partial charge is 0.320 e. The number of benzene rings is 1. The number of urea groups is 1. The van der Waals surface area contributed by atoms with E-state index in [0.29, 0.717) is 5.82 Å². The second-order valence-electron chi connectivity index (χ2n) is 6.20. The van der Waals surface area contributed by atoms with Gasteiger partial charge in [-0.3, -0.25) is 5.32 Å². The van der Waals surface area contributed by atoms with Crippen molar-refractivity contribution in [1.29, 1.82) is 0 Å². The van der Waals surface area contributed by atoms with Crippen LogP contribution in [0.3, 0.4) is 0 Å². The minimum Gasteiger partial charge on any atom is -0.495 e. The van der Waals surface area contributed by atoms with Crippen molar-refractivity contribution in [1.82, 2.24) is 10.3 Å². The number of hydrogen-bond donors (Lipinski definition) is 2. The predicted octanol–water partition coefficient (Wildman–Crippen LogP) is 3.19. The first-order valence-corrected chi connectivity index (χ1v) is 8.54. The minimum absolute atomic E-state index is 0.162. The third-order valence-corrected chi connectivity index (χ3v) is 4.50. The molecule has 1 aromatic carbocycles. The first-order chi connectivity index (χ1) is 12.2. The number of ether oxygens (including phenoxy) is 1. The lowest BCUT2D eigenvalue weighted by Gasteiger charge is -2.34. The monoisotopic (exact) mass is 340 g/mol. The Morgan fingerprint density at radius 3 is 2.68 bits per heavy atom. The SMILES string of the molecule is COc1ccccc1N1CCC(NC(=O)Nc2ncccc2C)CC1. The second-order valence-corrected chi connectivity index (χ2v) is 6.20. The normalized spacial score (nSPS) is 14.9. The molecule has 1 fully saturated rings. The first-order valence-electron chi connectivity index (χ1n) is 8.54. The molecule has 25 heavy (non-hydrogen) atoms. The van der Waals surface area contributed by atoms with Crippen LogP contribution in [0.1, 0.15) is 18.4 Å². The maximum Gasteiger partial charge on any atom is 0.320 e. The number of amides is 2. The van der Waals surface area contributed by atoms with Gasteiger partial charge in [0.1, 0.15) is 11.6 Å². The Bertz CT molecular complexity index is 727. The van der Waals surface area contributed by atoms with Crippen molar-refractivity contribution in [2.45, 2.75) is 25.8 Å². The van der Waals surface area contributed by atoms with Gasteiger partial charge in [0.05, 0.1) is 12.8 Å². The highest BCUT2D eigenvalue weighted by Gasteiger charge is 2.22. The van der Waals surface area contributed by atoms with E-state index < -0.39 is 0 Å². The lowest BCUT2D eigenvalue weighted by atomic mass is 10.0. The van der Waals surface area contributed by atoms with Crippen LogP contribution in [0, 0.1) is 6.92 Å². The topological polar surface area (TPSA) is 66.5 Å². The number of carbonyl (C=O) groups excluding carboxylic acids is 1. The number of pyridine rings is 1. The molecule has 3 rings (SSSR count). The first kappa shape index (κ1) is 17.1. The summed E-state index contributed by atoms with van der Waals surface area (Å²) in [6, 6.07) is 11.8. The number of anilines is 2. The number of methoxy groups -OCH3 is 1. The highest BCUT2D eigenvalue weighted by Crippen LogP contribution is 2.29. The molecule has 2 N–H and O–H groups in total. The summed E-state index contributed by atoms with van der Waals surface area (Å²) in [4.78, 5) is 18.7. The largest absolute Gasteiger partial charge is 0.495 e. The number of nitrogens with one attached hydrogen (secondary N) is 2. The van der Waals surface area contributed by atoms with Gasteiger partial charge in [0.15, 0.2) is 0 Å². The van der Waals surface area contributed by atoms with Gasteiger partial charge < -0.3 is 15.0 Å². The van der Waals surface area contributed by atoms with Crippen molar-refractivity contribution in [2.24, 2.45) is 0 Å². The quantitative estimate of drug-likeness (QED) is 0.897. The molecule has 0 saturated carbocycles. The van der Waals surface area contributed by atoms with Crippen LogP contribution in [-0.2, 0) is 0 Å². The summed E-state index contributed by atoms with van der Waals surface area (Å²) < 4.78 is 5.44. The molecule has 0 atom stereocenters. The molecule has 0 bridgehead atoms. The zero-order chi connectivity index (χ0) is 17.6. The third-order valence-electron chi connectivity index (χ3n) is 4.50. The van der Waals surface area contributed by atoms with E-state index in [9.17, 15) is 4.79 Å². The van der Waals surface area contributed by atoms with Crippen molar-refractivity contribution in [3.05, 3.63) is 48.2 Å². The molecule has 1 aliphatic rings. The molecule has 1 aromatic heterocycles. The molecule has 6 nitrogen and oxygen atoms in total. The van der Waals surface area contributed by atoms with Crippen molar-refractivity contribution in [3.63, 3.8) is 0 Å². The van der Waals surface area contributed by atoms with E-state index in [1.54, 1.807) is 13.3 Å². The number of aromatic nitrogens is 1. The highest BCUT2D eigenvalue weighted by molar-refractivity contribution is 5.89.